The summed E-state index contributed by atoms with van der Waals surface area (Å²) in [6.07, 6.45) is 3.37. The molecule has 1 aromatic carbocycles. The summed E-state index contributed by atoms with van der Waals surface area (Å²) in [4.78, 5) is 12.6. The van der Waals surface area contributed by atoms with E-state index in [1.54, 1.807) is 6.07 Å². The van der Waals surface area contributed by atoms with Crippen molar-refractivity contribution in [2.45, 2.75) is 19.3 Å². The van der Waals surface area contributed by atoms with Crippen molar-refractivity contribution in [3.63, 3.8) is 0 Å². The Morgan fingerprint density at radius 1 is 1.26 bits per heavy atom. The monoisotopic (exact) mass is 263 g/mol. The number of nitrogens with zero attached hydrogens (tertiary/aromatic N) is 4. The molecule has 2 heterocycles. The third-order valence-electron chi connectivity index (χ3n) is 3.40. The molecule has 1 fully saturated rings. The van der Waals surface area contributed by atoms with Gasteiger partial charge in [0, 0.05) is 13.1 Å². The van der Waals surface area contributed by atoms with Crippen molar-refractivity contribution in [3.8, 4) is 0 Å². The van der Waals surface area contributed by atoms with E-state index < -0.39 is 4.92 Å². The Hall–Kier alpha value is -2.38. The van der Waals surface area contributed by atoms with E-state index in [2.05, 4.69) is 19.8 Å². The lowest BCUT2D eigenvalue weighted by Crippen LogP contribution is -2.29. The van der Waals surface area contributed by atoms with E-state index in [1.165, 1.54) is 6.42 Å². The number of hydrogen-bond donors (Lipinski definition) is 1. The third-order valence-corrected chi connectivity index (χ3v) is 3.40. The SMILES string of the molecule is Nc1cc(N2CCCCC2)c2nonc2c1[N+](=O)[O-]. The van der Waals surface area contributed by atoms with Crippen LogP contribution < -0.4 is 10.6 Å². The van der Waals surface area contributed by atoms with Gasteiger partial charge in [0.25, 0.3) is 0 Å². The van der Waals surface area contributed by atoms with Crippen LogP contribution in [0.3, 0.4) is 0 Å². The first-order chi connectivity index (χ1) is 9.18. The second kappa shape index (κ2) is 4.38. The van der Waals surface area contributed by atoms with Crippen LogP contribution in [0.2, 0.25) is 0 Å². The smallest absolute Gasteiger partial charge is 0.323 e. The van der Waals surface area contributed by atoms with Gasteiger partial charge in [-0.05, 0) is 35.6 Å². The van der Waals surface area contributed by atoms with Gasteiger partial charge in [0.05, 0.1) is 10.6 Å². The number of rotatable bonds is 2. The van der Waals surface area contributed by atoms with Crippen LogP contribution in [0.4, 0.5) is 17.1 Å². The Kier molecular flexibility index (Phi) is 2.69. The summed E-state index contributed by atoms with van der Waals surface area (Å²) in [5.74, 6) is 0. The van der Waals surface area contributed by atoms with Crippen molar-refractivity contribution in [2.75, 3.05) is 23.7 Å². The molecular formula is C11H13N5O3. The summed E-state index contributed by atoms with van der Waals surface area (Å²) in [6.45, 7) is 1.78. The largest absolute Gasteiger partial charge is 0.393 e. The fraction of sp³-hybridized carbons (Fsp3) is 0.455. The van der Waals surface area contributed by atoms with Crippen molar-refractivity contribution in [1.29, 1.82) is 0 Å². The summed E-state index contributed by atoms with van der Waals surface area (Å²) < 4.78 is 4.66. The molecule has 1 aromatic heterocycles. The summed E-state index contributed by atoms with van der Waals surface area (Å²) in [5.41, 5.74) is 6.91. The van der Waals surface area contributed by atoms with Crippen LogP contribution in [0.1, 0.15) is 19.3 Å². The van der Waals surface area contributed by atoms with Crippen molar-refractivity contribution in [1.82, 2.24) is 10.3 Å². The molecule has 8 heteroatoms. The number of nitro benzene ring substituents is 1. The van der Waals surface area contributed by atoms with Gasteiger partial charge >= 0.3 is 5.69 Å². The molecule has 0 spiro atoms. The predicted octanol–water partition coefficient (Wildman–Crippen LogP) is 1.70. The zero-order valence-corrected chi connectivity index (χ0v) is 10.2. The van der Waals surface area contributed by atoms with Crippen LogP contribution >= 0.6 is 0 Å². The first kappa shape index (κ1) is 11.7. The molecule has 19 heavy (non-hydrogen) atoms. The molecule has 100 valence electrons. The van der Waals surface area contributed by atoms with Gasteiger partial charge < -0.3 is 10.6 Å². The molecule has 0 saturated carbocycles. The number of piperidine rings is 1. The first-order valence-corrected chi connectivity index (χ1v) is 6.12. The Morgan fingerprint density at radius 3 is 2.63 bits per heavy atom. The zero-order chi connectivity index (χ0) is 13.4. The molecule has 1 aliphatic rings. The number of benzene rings is 1. The Labute approximate surface area is 108 Å². The van der Waals surface area contributed by atoms with E-state index in [4.69, 9.17) is 5.73 Å². The Bertz CT molecular complexity index is 633. The van der Waals surface area contributed by atoms with Gasteiger partial charge in [-0.15, -0.1) is 0 Å². The lowest BCUT2D eigenvalue weighted by molar-refractivity contribution is -0.382. The number of anilines is 2. The predicted molar refractivity (Wildman–Crippen MR) is 68.9 cm³/mol. The minimum absolute atomic E-state index is 0.0915. The lowest BCUT2D eigenvalue weighted by atomic mass is 10.1. The minimum atomic E-state index is -0.554. The van der Waals surface area contributed by atoms with E-state index >= 15 is 0 Å². The van der Waals surface area contributed by atoms with Gasteiger partial charge in [0.2, 0.25) is 5.52 Å². The summed E-state index contributed by atoms with van der Waals surface area (Å²) in [5, 5.41) is 18.4. The van der Waals surface area contributed by atoms with E-state index in [-0.39, 0.29) is 16.9 Å². The average molecular weight is 263 g/mol. The molecule has 0 amide bonds. The van der Waals surface area contributed by atoms with Crippen molar-refractivity contribution >= 4 is 28.1 Å². The zero-order valence-electron chi connectivity index (χ0n) is 10.2. The highest BCUT2D eigenvalue weighted by molar-refractivity contribution is 5.99. The molecule has 0 aliphatic carbocycles. The minimum Gasteiger partial charge on any atom is -0.393 e. The molecule has 8 nitrogen and oxygen atoms in total. The second-order valence-electron chi connectivity index (χ2n) is 4.60. The van der Waals surface area contributed by atoms with Crippen LogP contribution in [-0.2, 0) is 0 Å². The molecule has 0 unspecified atom stereocenters. The highest BCUT2D eigenvalue weighted by atomic mass is 16.6. The number of nitrogen functional groups attached to an aromatic ring is 1. The van der Waals surface area contributed by atoms with Gasteiger partial charge in [0.1, 0.15) is 5.69 Å². The van der Waals surface area contributed by atoms with Crippen LogP contribution in [-0.4, -0.2) is 28.3 Å². The van der Waals surface area contributed by atoms with E-state index in [9.17, 15) is 10.1 Å². The van der Waals surface area contributed by atoms with E-state index in [1.807, 2.05) is 0 Å². The first-order valence-electron chi connectivity index (χ1n) is 6.12. The number of nitrogens with two attached hydrogens (primary N) is 1. The maximum Gasteiger partial charge on any atom is 0.323 e. The van der Waals surface area contributed by atoms with Crippen LogP contribution in [0.25, 0.3) is 11.0 Å². The maximum absolute atomic E-state index is 11.0. The van der Waals surface area contributed by atoms with E-state index in [0.717, 1.165) is 31.6 Å². The maximum atomic E-state index is 11.0. The standard InChI is InChI=1S/C11H13N5O3/c12-7-6-8(15-4-2-1-3-5-15)9-10(14-19-13-9)11(7)16(17)18/h6H,1-5,12H2. The quantitative estimate of drug-likeness (QED) is 0.498. The summed E-state index contributed by atoms with van der Waals surface area (Å²) >= 11 is 0. The normalized spacial score (nSPS) is 15.9. The Morgan fingerprint density at radius 2 is 1.95 bits per heavy atom. The molecule has 2 aromatic rings. The van der Waals surface area contributed by atoms with Gasteiger partial charge in [-0.2, -0.15) is 0 Å². The molecule has 2 N–H and O–H groups in total. The summed E-state index contributed by atoms with van der Waals surface area (Å²) in [7, 11) is 0. The molecule has 3 rings (SSSR count). The van der Waals surface area contributed by atoms with Gasteiger partial charge in [-0.1, -0.05) is 0 Å². The van der Waals surface area contributed by atoms with Crippen LogP contribution in [0, 0.1) is 10.1 Å². The van der Waals surface area contributed by atoms with Gasteiger partial charge in [-0.3, -0.25) is 10.1 Å². The van der Waals surface area contributed by atoms with Crippen LogP contribution in [0.15, 0.2) is 10.7 Å². The molecule has 0 atom stereocenters. The van der Waals surface area contributed by atoms with Gasteiger partial charge in [0.15, 0.2) is 5.52 Å². The molecule has 0 radical (unpaired) electrons. The number of hydrogen-bond acceptors (Lipinski definition) is 7. The number of fused-ring (bicyclic) bond motifs is 1. The van der Waals surface area contributed by atoms with Crippen molar-refractivity contribution in [3.05, 3.63) is 16.2 Å². The van der Waals surface area contributed by atoms with Crippen molar-refractivity contribution in [2.24, 2.45) is 0 Å². The third kappa shape index (κ3) is 1.85. The molecule has 0 bridgehead atoms. The van der Waals surface area contributed by atoms with Crippen LogP contribution in [0.5, 0.6) is 0 Å². The fourth-order valence-electron chi connectivity index (χ4n) is 2.50. The molecular weight excluding hydrogens is 250 g/mol. The lowest BCUT2D eigenvalue weighted by Gasteiger charge is -2.28. The average Bonchev–Trinajstić information content (AvgIpc) is 2.87. The van der Waals surface area contributed by atoms with E-state index in [0.29, 0.717) is 5.52 Å². The fourth-order valence-corrected chi connectivity index (χ4v) is 2.50. The van der Waals surface area contributed by atoms with Gasteiger partial charge in [-0.25, -0.2) is 4.63 Å². The summed E-state index contributed by atoms with van der Waals surface area (Å²) in [6, 6.07) is 1.59. The number of aromatic nitrogens is 2. The Balaban J connectivity index is 2.18. The molecule has 1 aliphatic heterocycles. The molecule has 1 saturated heterocycles. The highest BCUT2D eigenvalue weighted by Gasteiger charge is 2.26. The highest BCUT2D eigenvalue weighted by Crippen LogP contribution is 2.37. The van der Waals surface area contributed by atoms with Crippen molar-refractivity contribution < 1.29 is 9.55 Å². The topological polar surface area (TPSA) is 111 Å². The number of nitro groups is 1. The second-order valence-corrected chi connectivity index (χ2v) is 4.60.